The molecule has 0 N–H and O–H groups in total. The highest BCUT2D eigenvalue weighted by atomic mass is 79.9. The molecule has 1 aliphatic rings. The molecule has 1 heterocycles. The summed E-state index contributed by atoms with van der Waals surface area (Å²) in [6.07, 6.45) is 0.450. The fourth-order valence-corrected chi connectivity index (χ4v) is 4.51. The van der Waals surface area contributed by atoms with Crippen molar-refractivity contribution >= 4 is 49.2 Å². The summed E-state index contributed by atoms with van der Waals surface area (Å²) in [4.78, 5) is 22.7. The van der Waals surface area contributed by atoms with Gasteiger partial charge in [0, 0.05) is 31.0 Å². The number of non-ortho nitro benzene ring substituents is 1. The van der Waals surface area contributed by atoms with E-state index in [0.29, 0.717) is 23.4 Å². The maximum atomic E-state index is 12.1. The number of hydrogen-bond acceptors (Lipinski definition) is 5. The third kappa shape index (κ3) is 3.89. The lowest BCUT2D eigenvalue weighted by atomic mass is 9.98. The van der Waals surface area contributed by atoms with Crippen LogP contribution in [0.1, 0.15) is 30.5 Å². The van der Waals surface area contributed by atoms with Gasteiger partial charge < -0.3 is 4.74 Å². The Bertz CT molecular complexity index is 938. The summed E-state index contributed by atoms with van der Waals surface area (Å²) in [5.41, 5.74) is 2.20. The van der Waals surface area contributed by atoms with Crippen molar-refractivity contribution in [1.82, 2.24) is 5.01 Å². The minimum absolute atomic E-state index is 0.0145. The molecule has 0 saturated carbocycles. The largest absolute Gasteiger partial charge is 0.494 e. The summed E-state index contributed by atoms with van der Waals surface area (Å²) < 4.78 is 6.83. The number of methoxy groups -OCH3 is 1. The quantitative estimate of drug-likeness (QED) is 0.448. The van der Waals surface area contributed by atoms with E-state index in [1.165, 1.54) is 24.1 Å². The molecule has 1 unspecified atom stereocenters. The summed E-state index contributed by atoms with van der Waals surface area (Å²) in [6.45, 7) is 1.43. The Morgan fingerprint density at radius 1 is 1.30 bits per heavy atom. The number of nitrogens with zero attached hydrogens (tertiary/aromatic N) is 3. The third-order valence-corrected chi connectivity index (χ3v) is 5.41. The van der Waals surface area contributed by atoms with Gasteiger partial charge in [-0.25, -0.2) is 5.01 Å². The Morgan fingerprint density at radius 2 is 1.96 bits per heavy atom. The zero-order valence-corrected chi connectivity index (χ0v) is 17.7. The van der Waals surface area contributed by atoms with E-state index in [4.69, 9.17) is 4.74 Å². The number of amides is 1. The lowest BCUT2D eigenvalue weighted by Crippen LogP contribution is -2.24. The van der Waals surface area contributed by atoms with E-state index in [1.807, 2.05) is 12.1 Å². The molecule has 1 atom stereocenters. The summed E-state index contributed by atoms with van der Waals surface area (Å²) in [6, 6.07) is 9.65. The van der Waals surface area contributed by atoms with Gasteiger partial charge in [-0.1, -0.05) is 12.1 Å². The Balaban J connectivity index is 1.99. The van der Waals surface area contributed by atoms with E-state index in [0.717, 1.165) is 14.5 Å². The number of carbonyl (C=O) groups is 1. The van der Waals surface area contributed by atoms with Crippen LogP contribution in [0.25, 0.3) is 0 Å². The molecule has 0 saturated heterocycles. The molecule has 1 amide bonds. The Morgan fingerprint density at radius 3 is 2.52 bits per heavy atom. The lowest BCUT2D eigenvalue weighted by molar-refractivity contribution is -0.384. The molecule has 2 aromatic carbocycles. The van der Waals surface area contributed by atoms with Gasteiger partial charge >= 0.3 is 0 Å². The molecule has 2 aromatic rings. The van der Waals surface area contributed by atoms with Crippen LogP contribution in [0.4, 0.5) is 5.69 Å². The first kappa shape index (κ1) is 19.5. The van der Waals surface area contributed by atoms with E-state index in [-0.39, 0.29) is 11.6 Å². The first-order valence-corrected chi connectivity index (χ1v) is 9.55. The fourth-order valence-electron chi connectivity index (χ4n) is 3.00. The molecule has 0 aromatic heterocycles. The lowest BCUT2D eigenvalue weighted by Gasteiger charge is -2.20. The third-order valence-electron chi connectivity index (χ3n) is 4.23. The molecule has 0 radical (unpaired) electrons. The van der Waals surface area contributed by atoms with Crippen molar-refractivity contribution in [2.45, 2.75) is 19.4 Å². The zero-order valence-electron chi connectivity index (χ0n) is 14.5. The molecule has 9 heteroatoms. The second-order valence-electron chi connectivity index (χ2n) is 5.96. The monoisotopic (exact) mass is 495 g/mol. The molecule has 0 bridgehead atoms. The van der Waals surface area contributed by atoms with Crippen LogP contribution in [-0.4, -0.2) is 28.7 Å². The number of hydrazone groups is 1. The van der Waals surface area contributed by atoms with E-state index < -0.39 is 11.0 Å². The van der Waals surface area contributed by atoms with E-state index in [9.17, 15) is 14.9 Å². The van der Waals surface area contributed by atoms with Crippen molar-refractivity contribution in [1.29, 1.82) is 0 Å². The number of halogens is 2. The number of nitro benzene ring substituents is 1. The Labute approximate surface area is 172 Å². The van der Waals surface area contributed by atoms with Crippen LogP contribution in [0.2, 0.25) is 0 Å². The minimum Gasteiger partial charge on any atom is -0.494 e. The molecule has 0 fully saturated rings. The van der Waals surface area contributed by atoms with Gasteiger partial charge in [0.05, 0.1) is 32.7 Å². The number of benzene rings is 2. The normalized spacial score (nSPS) is 16.2. The maximum absolute atomic E-state index is 12.1. The Kier molecular flexibility index (Phi) is 5.61. The molecule has 7 nitrogen and oxygen atoms in total. The number of nitro groups is 1. The highest BCUT2D eigenvalue weighted by Crippen LogP contribution is 2.38. The van der Waals surface area contributed by atoms with Crippen LogP contribution in [0.3, 0.4) is 0 Å². The van der Waals surface area contributed by atoms with Crippen LogP contribution in [0.5, 0.6) is 5.75 Å². The van der Waals surface area contributed by atoms with Crippen molar-refractivity contribution in [3.63, 3.8) is 0 Å². The average Bonchev–Trinajstić information content (AvgIpc) is 3.07. The molecular formula is C18H15Br2N3O4. The fraction of sp³-hybridized carbons (Fsp3) is 0.222. The first-order chi connectivity index (χ1) is 12.8. The highest BCUT2D eigenvalue weighted by Gasteiger charge is 2.32. The molecule has 27 heavy (non-hydrogen) atoms. The van der Waals surface area contributed by atoms with Crippen LogP contribution in [0, 0.1) is 10.1 Å². The van der Waals surface area contributed by atoms with Gasteiger partial charge in [0.25, 0.3) is 5.69 Å². The van der Waals surface area contributed by atoms with Crippen LogP contribution in [-0.2, 0) is 4.79 Å². The Hall–Kier alpha value is -2.26. The van der Waals surface area contributed by atoms with Crippen LogP contribution >= 0.6 is 31.9 Å². The van der Waals surface area contributed by atoms with Crippen LogP contribution in [0.15, 0.2) is 50.4 Å². The zero-order chi connectivity index (χ0) is 19.7. The maximum Gasteiger partial charge on any atom is 0.269 e. The van der Waals surface area contributed by atoms with E-state index in [2.05, 4.69) is 37.0 Å². The summed E-state index contributed by atoms with van der Waals surface area (Å²) in [7, 11) is 1.58. The molecular weight excluding hydrogens is 482 g/mol. The topological polar surface area (TPSA) is 85.0 Å². The minimum atomic E-state index is -0.448. The predicted octanol–water partition coefficient (Wildman–Crippen LogP) is 4.83. The average molecular weight is 497 g/mol. The van der Waals surface area contributed by atoms with Gasteiger partial charge in [-0.15, -0.1) is 0 Å². The first-order valence-electron chi connectivity index (χ1n) is 7.97. The van der Waals surface area contributed by atoms with Crippen molar-refractivity contribution in [3.05, 3.63) is 66.6 Å². The summed E-state index contributed by atoms with van der Waals surface area (Å²) in [5, 5.41) is 16.9. The molecule has 140 valence electrons. The van der Waals surface area contributed by atoms with Gasteiger partial charge in [-0.05, 0) is 49.6 Å². The van der Waals surface area contributed by atoms with E-state index in [1.54, 1.807) is 19.2 Å². The van der Waals surface area contributed by atoms with Gasteiger partial charge in [0.15, 0.2) is 0 Å². The van der Waals surface area contributed by atoms with Crippen molar-refractivity contribution in [2.24, 2.45) is 5.10 Å². The summed E-state index contributed by atoms with van der Waals surface area (Å²) >= 11 is 6.94. The molecule has 1 aliphatic heterocycles. The molecule has 3 rings (SSSR count). The molecule has 0 spiro atoms. The van der Waals surface area contributed by atoms with E-state index >= 15 is 0 Å². The standard InChI is InChI=1S/C18H15Br2N3O4/c1-10(24)22-17(11-4-3-5-13(6-11)23(25)26)9-16(21-22)12-7-14(19)18(27-2)15(20)8-12/h3-8,17H,9H2,1-2H3. The number of carbonyl (C=O) groups excluding carboxylic acids is 1. The van der Waals surface area contributed by atoms with Gasteiger partial charge in [-0.3, -0.25) is 14.9 Å². The van der Waals surface area contributed by atoms with Crippen molar-refractivity contribution < 1.29 is 14.5 Å². The second kappa shape index (κ2) is 7.77. The highest BCUT2D eigenvalue weighted by molar-refractivity contribution is 9.11. The summed E-state index contributed by atoms with van der Waals surface area (Å²) in [5.74, 6) is 0.434. The number of hydrogen-bond donors (Lipinski definition) is 0. The number of ether oxygens (including phenoxy) is 1. The predicted molar refractivity (Wildman–Crippen MR) is 108 cm³/mol. The van der Waals surface area contributed by atoms with Gasteiger partial charge in [0.2, 0.25) is 5.91 Å². The number of rotatable bonds is 4. The SMILES string of the molecule is COc1c(Br)cc(C2=NN(C(C)=O)C(c3cccc([N+](=O)[O-])c3)C2)cc1Br. The van der Waals surface area contributed by atoms with Gasteiger partial charge in [-0.2, -0.15) is 5.10 Å². The van der Waals surface area contributed by atoms with Gasteiger partial charge in [0.1, 0.15) is 5.75 Å². The smallest absolute Gasteiger partial charge is 0.269 e. The van der Waals surface area contributed by atoms with Crippen molar-refractivity contribution in [2.75, 3.05) is 7.11 Å². The van der Waals surface area contributed by atoms with Crippen LogP contribution < -0.4 is 4.74 Å². The second-order valence-corrected chi connectivity index (χ2v) is 7.66. The van der Waals surface area contributed by atoms with Crippen molar-refractivity contribution in [3.8, 4) is 5.75 Å². The molecule has 0 aliphatic carbocycles.